The Balaban J connectivity index is 1.64. The van der Waals surface area contributed by atoms with E-state index in [4.69, 9.17) is 9.31 Å². The number of benzene rings is 1. The van der Waals surface area contributed by atoms with Crippen molar-refractivity contribution < 1.29 is 14.1 Å². The van der Waals surface area contributed by atoms with Crippen LogP contribution in [0.25, 0.3) is 0 Å². The first-order valence-corrected chi connectivity index (χ1v) is 8.42. The van der Waals surface area contributed by atoms with Gasteiger partial charge in [-0.05, 0) is 40.2 Å². The number of amides is 1. The maximum atomic E-state index is 12.3. The molecule has 7 heteroatoms. The summed E-state index contributed by atoms with van der Waals surface area (Å²) in [5.74, 6) is 0. The van der Waals surface area contributed by atoms with Gasteiger partial charge in [-0.1, -0.05) is 29.8 Å². The van der Waals surface area contributed by atoms with E-state index in [0.29, 0.717) is 6.54 Å². The smallest absolute Gasteiger partial charge is 0.399 e. The second kappa shape index (κ2) is 6.31. The molecule has 1 aliphatic heterocycles. The van der Waals surface area contributed by atoms with Gasteiger partial charge in [-0.3, -0.25) is 0 Å². The van der Waals surface area contributed by atoms with Crippen molar-refractivity contribution in [3.05, 3.63) is 47.8 Å². The van der Waals surface area contributed by atoms with E-state index in [1.807, 2.05) is 58.9 Å². The SMILES string of the molecule is Cc1cccc(CNC(=O)n2cc(B3OC(C)(C)C(C)(C)O3)cn2)c1. The van der Waals surface area contributed by atoms with Crippen LogP contribution in [-0.4, -0.2) is 34.1 Å². The predicted molar refractivity (Wildman–Crippen MR) is 96.8 cm³/mol. The van der Waals surface area contributed by atoms with Crippen molar-refractivity contribution in [1.29, 1.82) is 0 Å². The first-order chi connectivity index (χ1) is 11.7. The number of rotatable bonds is 3. The number of aryl methyl sites for hydroxylation is 1. The fourth-order valence-electron chi connectivity index (χ4n) is 2.63. The molecule has 2 heterocycles. The molecule has 3 rings (SSSR count). The van der Waals surface area contributed by atoms with Gasteiger partial charge in [0.1, 0.15) is 0 Å². The number of nitrogens with zero attached hydrogens (tertiary/aromatic N) is 2. The number of hydrogen-bond acceptors (Lipinski definition) is 4. The molecule has 0 atom stereocenters. The van der Waals surface area contributed by atoms with Crippen LogP contribution in [0.4, 0.5) is 4.79 Å². The summed E-state index contributed by atoms with van der Waals surface area (Å²) in [5, 5.41) is 6.99. The Morgan fingerprint density at radius 2 is 1.92 bits per heavy atom. The van der Waals surface area contributed by atoms with Crippen LogP contribution in [0.3, 0.4) is 0 Å². The Bertz CT molecular complexity index is 769. The Labute approximate surface area is 148 Å². The third kappa shape index (κ3) is 3.62. The molecular formula is C18H24BN3O3. The molecule has 132 valence electrons. The van der Waals surface area contributed by atoms with Crippen molar-refractivity contribution in [2.45, 2.75) is 52.4 Å². The summed E-state index contributed by atoms with van der Waals surface area (Å²) in [4.78, 5) is 12.3. The minimum Gasteiger partial charge on any atom is -0.399 e. The van der Waals surface area contributed by atoms with Gasteiger partial charge in [0.25, 0.3) is 0 Å². The van der Waals surface area contributed by atoms with Crippen LogP contribution in [-0.2, 0) is 15.9 Å². The van der Waals surface area contributed by atoms with E-state index >= 15 is 0 Å². The molecular weight excluding hydrogens is 317 g/mol. The molecule has 1 amide bonds. The number of nitrogens with one attached hydrogen (secondary N) is 1. The second-order valence-electron chi connectivity index (χ2n) is 7.45. The third-order valence-corrected chi connectivity index (χ3v) is 4.86. The second-order valence-corrected chi connectivity index (χ2v) is 7.45. The van der Waals surface area contributed by atoms with Gasteiger partial charge >= 0.3 is 13.1 Å². The molecule has 0 aliphatic carbocycles. The molecule has 1 fully saturated rings. The molecule has 25 heavy (non-hydrogen) atoms. The highest BCUT2D eigenvalue weighted by molar-refractivity contribution is 6.62. The average molecular weight is 341 g/mol. The molecule has 0 spiro atoms. The van der Waals surface area contributed by atoms with Crippen molar-refractivity contribution in [2.75, 3.05) is 0 Å². The van der Waals surface area contributed by atoms with Crippen molar-refractivity contribution in [3.63, 3.8) is 0 Å². The zero-order chi connectivity index (χ0) is 18.2. The molecule has 1 N–H and O–H groups in total. The summed E-state index contributed by atoms with van der Waals surface area (Å²) < 4.78 is 13.2. The lowest BCUT2D eigenvalue weighted by molar-refractivity contribution is 0.00578. The van der Waals surface area contributed by atoms with Gasteiger partial charge in [0.2, 0.25) is 0 Å². The topological polar surface area (TPSA) is 65.4 Å². The molecule has 0 radical (unpaired) electrons. The lowest BCUT2D eigenvalue weighted by Crippen LogP contribution is -2.41. The largest absolute Gasteiger partial charge is 0.498 e. The highest BCUT2D eigenvalue weighted by atomic mass is 16.7. The molecule has 1 saturated heterocycles. The summed E-state index contributed by atoms with van der Waals surface area (Å²) in [6.07, 6.45) is 3.25. The zero-order valence-electron chi connectivity index (χ0n) is 15.4. The number of carbonyl (C=O) groups excluding carboxylic acids is 1. The Hall–Kier alpha value is -2.12. The van der Waals surface area contributed by atoms with E-state index < -0.39 is 18.3 Å². The lowest BCUT2D eigenvalue weighted by Gasteiger charge is -2.32. The summed E-state index contributed by atoms with van der Waals surface area (Å²) in [6, 6.07) is 7.73. The monoisotopic (exact) mass is 341 g/mol. The third-order valence-electron chi connectivity index (χ3n) is 4.86. The van der Waals surface area contributed by atoms with Gasteiger partial charge in [-0.25, -0.2) is 4.79 Å². The van der Waals surface area contributed by atoms with Gasteiger partial charge in [-0.15, -0.1) is 0 Å². The van der Waals surface area contributed by atoms with Gasteiger partial charge in [0, 0.05) is 24.4 Å². The quantitative estimate of drug-likeness (QED) is 0.870. The lowest BCUT2D eigenvalue weighted by atomic mass is 9.82. The Morgan fingerprint density at radius 1 is 1.24 bits per heavy atom. The molecule has 0 unspecified atom stereocenters. The minimum atomic E-state index is -0.525. The Morgan fingerprint density at radius 3 is 2.56 bits per heavy atom. The minimum absolute atomic E-state index is 0.288. The average Bonchev–Trinajstić information content (AvgIpc) is 3.08. The summed E-state index contributed by atoms with van der Waals surface area (Å²) in [6.45, 7) is 10.4. The van der Waals surface area contributed by atoms with Crippen LogP contribution < -0.4 is 10.8 Å². The molecule has 2 aromatic rings. The van der Waals surface area contributed by atoms with Crippen LogP contribution in [0.2, 0.25) is 0 Å². The van der Waals surface area contributed by atoms with E-state index in [1.165, 1.54) is 4.68 Å². The predicted octanol–water partition coefficient (Wildman–Crippen LogP) is 2.25. The van der Waals surface area contributed by atoms with Crippen molar-refractivity contribution in [3.8, 4) is 0 Å². The van der Waals surface area contributed by atoms with E-state index in [1.54, 1.807) is 12.4 Å². The molecule has 1 aromatic carbocycles. The fourth-order valence-corrected chi connectivity index (χ4v) is 2.63. The van der Waals surface area contributed by atoms with Gasteiger partial charge in [0.15, 0.2) is 0 Å². The molecule has 0 bridgehead atoms. The normalized spacial score (nSPS) is 18.4. The summed E-state index contributed by atoms with van der Waals surface area (Å²) in [5.41, 5.74) is 2.09. The zero-order valence-corrected chi connectivity index (χ0v) is 15.4. The fraction of sp³-hybridized carbons (Fsp3) is 0.444. The van der Waals surface area contributed by atoms with Crippen molar-refractivity contribution >= 4 is 18.6 Å². The van der Waals surface area contributed by atoms with E-state index in [9.17, 15) is 4.79 Å². The number of carbonyl (C=O) groups is 1. The summed E-state index contributed by atoms with van der Waals surface area (Å²) in [7, 11) is -0.525. The molecule has 0 saturated carbocycles. The standard InChI is InChI=1S/C18H24BN3O3/c1-13-7-6-8-14(9-13)10-20-16(23)22-12-15(11-21-22)19-24-17(2,3)18(4,5)25-19/h6-9,11-12H,10H2,1-5H3,(H,20,23). The van der Waals surface area contributed by atoms with Gasteiger partial charge in [-0.2, -0.15) is 9.78 Å². The van der Waals surface area contributed by atoms with Crippen LogP contribution in [0.1, 0.15) is 38.8 Å². The maximum absolute atomic E-state index is 12.3. The van der Waals surface area contributed by atoms with E-state index in [2.05, 4.69) is 10.4 Å². The summed E-state index contributed by atoms with van der Waals surface area (Å²) >= 11 is 0. The highest BCUT2D eigenvalue weighted by Crippen LogP contribution is 2.36. The van der Waals surface area contributed by atoms with Gasteiger partial charge in [0.05, 0.1) is 11.2 Å². The maximum Gasteiger partial charge on any atom is 0.498 e. The Kier molecular flexibility index (Phi) is 4.47. The van der Waals surface area contributed by atoms with Crippen LogP contribution in [0, 0.1) is 6.92 Å². The molecule has 1 aromatic heterocycles. The highest BCUT2D eigenvalue weighted by Gasteiger charge is 2.52. The van der Waals surface area contributed by atoms with Crippen molar-refractivity contribution in [1.82, 2.24) is 15.1 Å². The first-order valence-electron chi connectivity index (χ1n) is 8.42. The van der Waals surface area contributed by atoms with Crippen LogP contribution >= 0.6 is 0 Å². The van der Waals surface area contributed by atoms with E-state index in [-0.39, 0.29) is 6.03 Å². The van der Waals surface area contributed by atoms with Crippen LogP contribution in [0.15, 0.2) is 36.7 Å². The number of hydrogen-bond donors (Lipinski definition) is 1. The number of aromatic nitrogens is 2. The van der Waals surface area contributed by atoms with Crippen LogP contribution in [0.5, 0.6) is 0 Å². The van der Waals surface area contributed by atoms with Gasteiger partial charge < -0.3 is 14.6 Å². The van der Waals surface area contributed by atoms with E-state index in [0.717, 1.165) is 16.6 Å². The first kappa shape index (κ1) is 17.7. The molecule has 6 nitrogen and oxygen atoms in total. The van der Waals surface area contributed by atoms with Crippen molar-refractivity contribution in [2.24, 2.45) is 0 Å². The molecule has 1 aliphatic rings.